The molecular weight excluding hydrogens is 302 g/mol. The van der Waals surface area contributed by atoms with E-state index in [0.717, 1.165) is 0 Å². The van der Waals surface area contributed by atoms with E-state index in [4.69, 9.17) is 0 Å². The Morgan fingerprint density at radius 3 is 2.67 bits per heavy atom. The molecule has 1 rings (SSSR count). The normalized spacial score (nSPS) is 21.3. The predicted octanol–water partition coefficient (Wildman–Crippen LogP) is 1.89. The molecule has 0 nitrogen and oxygen atoms in total. The molecule has 1 heterocycles. The Hall–Kier alpha value is 1.20. The van der Waals surface area contributed by atoms with Crippen LogP contribution in [0, 0.1) is 0 Å². The minimum Gasteiger partial charge on any atom is -0.116 e. The van der Waals surface area contributed by atoms with Crippen molar-refractivity contribution in [1.29, 1.82) is 0 Å². The molecule has 0 radical (unpaired) electrons. The zero-order valence-electron chi connectivity index (χ0n) is 3.32. The molecule has 0 fully saturated rings. The van der Waals surface area contributed by atoms with Crippen LogP contribution in [0.3, 0.4) is 0 Å². The van der Waals surface area contributed by atoms with E-state index in [1.54, 1.807) is 0 Å². The van der Waals surface area contributed by atoms with Crippen LogP contribution in [0.2, 0.25) is 0 Å². The molecule has 1 aliphatic rings. The fourth-order valence-corrected chi connectivity index (χ4v) is 7.59. The van der Waals surface area contributed by atoms with Crippen molar-refractivity contribution in [3.63, 3.8) is 0 Å². The summed E-state index contributed by atoms with van der Waals surface area (Å²) >= 11 is 1.12. The summed E-state index contributed by atoms with van der Waals surface area (Å²) in [5.74, 6) is 0. The standard InChI is InChI=1S/C4H6I2/c1-2-5-4-6-3-1/h2,4H,1,3H2. The molecule has 0 amide bonds. The zero-order valence-corrected chi connectivity index (χ0v) is 7.64. The number of rotatable bonds is 0. The van der Waals surface area contributed by atoms with E-state index < -0.39 is 0 Å². The van der Waals surface area contributed by atoms with Gasteiger partial charge >= 0.3 is 0 Å². The van der Waals surface area contributed by atoms with Crippen LogP contribution in [0.4, 0.5) is 0 Å². The van der Waals surface area contributed by atoms with E-state index in [2.05, 4.69) is 6.03 Å². The fraction of sp³-hybridized carbons (Fsp3) is 0.500. The molecular formula is C4H6I2. The molecule has 0 saturated heterocycles. The molecule has 0 aromatic heterocycles. The smallest absolute Gasteiger partial charge is 0.000502 e. The summed E-state index contributed by atoms with van der Waals surface area (Å²) in [7, 11) is 0. The van der Waals surface area contributed by atoms with Gasteiger partial charge in [0.1, 0.15) is 0 Å². The summed E-state index contributed by atoms with van der Waals surface area (Å²) in [5, 5.41) is 0. The molecule has 0 aliphatic carbocycles. The molecule has 0 N–H and O–H groups in total. The van der Waals surface area contributed by atoms with Crippen LogP contribution in [-0.4, -0.2) is 10.5 Å². The second-order valence-electron chi connectivity index (χ2n) is 0.995. The van der Waals surface area contributed by atoms with Crippen molar-refractivity contribution in [2.45, 2.75) is 6.42 Å². The van der Waals surface area contributed by atoms with Gasteiger partial charge in [-0.1, -0.05) is 20.7 Å². The Morgan fingerprint density at radius 2 is 2.50 bits per heavy atom. The second kappa shape index (κ2) is 3.23. The topological polar surface area (TPSA) is 0 Å². The Balaban J connectivity index is 2.46. The van der Waals surface area contributed by atoms with Gasteiger partial charge in [-0.05, 0) is 14.9 Å². The Kier molecular flexibility index (Phi) is 2.88. The lowest BCUT2D eigenvalue weighted by Crippen LogP contribution is -1.75. The molecule has 0 saturated carbocycles. The van der Waals surface area contributed by atoms with Gasteiger partial charge in [-0.3, -0.25) is 0 Å². The predicted molar refractivity (Wildman–Crippen MR) is 49.7 cm³/mol. The summed E-state index contributed by atoms with van der Waals surface area (Å²) in [5.41, 5.74) is 0. The first kappa shape index (κ1) is 5.34. The quantitative estimate of drug-likeness (QED) is 0.474. The average Bonchev–Trinajstić information content (AvgIpc) is 1.72. The van der Waals surface area contributed by atoms with Gasteiger partial charge in [0.05, 0.1) is 0 Å². The van der Waals surface area contributed by atoms with Gasteiger partial charge in [-0.15, -0.1) is 20.7 Å². The number of hydrogen-bond donors (Lipinski definition) is 0. The van der Waals surface area contributed by atoms with Crippen LogP contribution in [-0.2, 0) is 0 Å². The monoisotopic (exact) mass is 308 g/mol. The highest BCUT2D eigenvalue weighted by Gasteiger charge is 1.79. The van der Waals surface area contributed by atoms with Crippen LogP contribution in [0.1, 0.15) is 6.42 Å². The van der Waals surface area contributed by atoms with Crippen LogP contribution < -0.4 is 0 Å². The minimum absolute atomic E-state index is 0.514. The third-order valence-electron chi connectivity index (χ3n) is 0.522. The molecule has 0 unspecified atom stereocenters. The molecule has 0 spiro atoms. The lowest BCUT2D eigenvalue weighted by atomic mass is 10.6. The highest BCUT2D eigenvalue weighted by Crippen LogP contribution is 2.09. The van der Waals surface area contributed by atoms with Gasteiger partial charge < -0.3 is 0 Å². The Bertz CT molecular complexity index is 71.5. The van der Waals surface area contributed by atoms with E-state index in [1.165, 1.54) is 10.8 Å². The van der Waals surface area contributed by atoms with Gasteiger partial charge in [-0.2, -0.15) is 0 Å². The fourth-order valence-electron chi connectivity index (χ4n) is 0.276. The molecule has 0 aromatic carbocycles. The van der Waals surface area contributed by atoms with Crippen molar-refractivity contribution in [1.82, 2.24) is 0 Å². The Labute approximate surface area is 57.8 Å². The third-order valence-corrected chi connectivity index (χ3v) is 7.56. The van der Waals surface area contributed by atoms with Crippen LogP contribution in [0.25, 0.3) is 0 Å². The van der Waals surface area contributed by atoms with E-state index >= 15 is 0 Å². The van der Waals surface area contributed by atoms with E-state index in [0.29, 0.717) is 41.5 Å². The maximum absolute atomic E-state index is 2.56. The molecule has 36 valence electrons. The Morgan fingerprint density at radius 1 is 1.50 bits per heavy atom. The van der Waals surface area contributed by atoms with E-state index in [-0.39, 0.29) is 0 Å². The maximum Gasteiger partial charge on any atom is 0.000502 e. The maximum atomic E-state index is 2.56. The third kappa shape index (κ3) is 1.77. The first-order valence-electron chi connectivity index (χ1n) is 1.83. The zero-order chi connectivity index (χ0) is 4.24. The number of hydrogen-bond acceptors (Lipinski definition) is 0. The van der Waals surface area contributed by atoms with Crippen molar-refractivity contribution in [3.05, 3.63) is 0 Å². The SMILES string of the molecule is C1=IC=ICC1. The average molecular weight is 308 g/mol. The summed E-state index contributed by atoms with van der Waals surface area (Å²) < 4.78 is 6.56. The molecule has 6 heavy (non-hydrogen) atoms. The van der Waals surface area contributed by atoms with Crippen molar-refractivity contribution in [2.75, 3.05) is 4.43 Å². The summed E-state index contributed by atoms with van der Waals surface area (Å²) in [4.78, 5) is 0. The first-order valence-corrected chi connectivity index (χ1v) is 7.09. The molecule has 0 aromatic rings. The van der Waals surface area contributed by atoms with Gasteiger partial charge in [0.25, 0.3) is 0 Å². The van der Waals surface area contributed by atoms with Crippen LogP contribution >= 0.6 is 41.5 Å². The van der Waals surface area contributed by atoms with Gasteiger partial charge in [0, 0.05) is 2.02 Å². The van der Waals surface area contributed by atoms with E-state index in [9.17, 15) is 0 Å². The van der Waals surface area contributed by atoms with Crippen molar-refractivity contribution in [2.24, 2.45) is 0 Å². The molecule has 0 bridgehead atoms. The van der Waals surface area contributed by atoms with E-state index in [1.807, 2.05) is 0 Å². The van der Waals surface area contributed by atoms with Crippen LogP contribution in [0.5, 0.6) is 0 Å². The van der Waals surface area contributed by atoms with Gasteiger partial charge in [0.2, 0.25) is 0 Å². The second-order valence-corrected chi connectivity index (χ2v) is 8.18. The van der Waals surface area contributed by atoms with Crippen molar-refractivity contribution in [3.8, 4) is 0 Å². The molecule has 1 aliphatic heterocycles. The minimum atomic E-state index is 0.514. The molecule has 2 heteroatoms. The van der Waals surface area contributed by atoms with Gasteiger partial charge in [-0.25, -0.2) is 0 Å². The highest BCUT2D eigenvalue weighted by molar-refractivity contribution is 14.3. The summed E-state index contributed by atoms with van der Waals surface area (Å²) in [6, 6.07) is 0. The number of halogens is 2. The first-order chi connectivity index (χ1) is 3.00. The highest BCUT2D eigenvalue weighted by atomic mass is 127. The summed E-state index contributed by atoms with van der Waals surface area (Å²) in [6.45, 7) is 0. The summed E-state index contributed by atoms with van der Waals surface area (Å²) in [6.07, 6.45) is 1.44. The van der Waals surface area contributed by atoms with Crippen molar-refractivity contribution < 1.29 is 0 Å². The largest absolute Gasteiger partial charge is 0.116 e. The number of alkyl halides is 1. The van der Waals surface area contributed by atoms with Crippen LogP contribution in [0.15, 0.2) is 0 Å². The van der Waals surface area contributed by atoms with Gasteiger partial charge in [0.15, 0.2) is 0 Å². The van der Waals surface area contributed by atoms with Crippen molar-refractivity contribution >= 4 is 47.5 Å². The molecule has 0 atom stereocenters. The lowest BCUT2D eigenvalue weighted by Gasteiger charge is -1.86. The lowest BCUT2D eigenvalue weighted by molar-refractivity contribution is 1.42.